The van der Waals surface area contributed by atoms with Crippen molar-refractivity contribution in [2.45, 2.75) is 6.54 Å². The molecular formula is C23H15N3O2. The van der Waals surface area contributed by atoms with Gasteiger partial charge >= 0.3 is 0 Å². The minimum atomic E-state index is -0.115. The molecule has 0 amide bonds. The summed E-state index contributed by atoms with van der Waals surface area (Å²) >= 11 is 0. The topological polar surface area (TPSA) is 64.8 Å². The van der Waals surface area contributed by atoms with Crippen molar-refractivity contribution in [2.24, 2.45) is 0 Å². The van der Waals surface area contributed by atoms with Gasteiger partial charge in [-0.2, -0.15) is 0 Å². The van der Waals surface area contributed by atoms with Gasteiger partial charge in [0.25, 0.3) is 0 Å². The molecule has 5 rings (SSSR count). The van der Waals surface area contributed by atoms with Crippen molar-refractivity contribution in [3.8, 4) is 11.3 Å². The Hall–Kier alpha value is -3.86. The van der Waals surface area contributed by atoms with Crippen molar-refractivity contribution in [2.75, 3.05) is 0 Å². The fourth-order valence-electron chi connectivity index (χ4n) is 3.55. The highest BCUT2D eigenvalue weighted by molar-refractivity contribution is 6.28. The number of carbonyl (C=O) groups excluding carboxylic acids is 2. The van der Waals surface area contributed by atoms with E-state index in [0.717, 1.165) is 16.8 Å². The molecule has 1 aromatic heterocycles. The first kappa shape index (κ1) is 16.3. The van der Waals surface area contributed by atoms with Crippen LogP contribution in [0.2, 0.25) is 0 Å². The minimum Gasteiger partial charge on any atom is -0.289 e. The fourth-order valence-corrected chi connectivity index (χ4v) is 3.55. The molecule has 0 radical (unpaired) electrons. The molecule has 5 heteroatoms. The van der Waals surface area contributed by atoms with E-state index in [9.17, 15) is 9.59 Å². The third-order valence-electron chi connectivity index (χ3n) is 4.94. The molecule has 3 aromatic carbocycles. The molecule has 1 heterocycles. The highest BCUT2D eigenvalue weighted by Gasteiger charge is 2.29. The average molecular weight is 365 g/mol. The second-order valence-corrected chi connectivity index (χ2v) is 6.75. The Labute approximate surface area is 161 Å². The Balaban J connectivity index is 1.47. The van der Waals surface area contributed by atoms with Crippen molar-refractivity contribution in [1.29, 1.82) is 0 Å². The van der Waals surface area contributed by atoms with Gasteiger partial charge < -0.3 is 0 Å². The molecule has 1 aliphatic carbocycles. The maximum atomic E-state index is 12.9. The van der Waals surface area contributed by atoms with E-state index in [-0.39, 0.29) is 11.6 Å². The van der Waals surface area contributed by atoms with E-state index in [1.165, 1.54) is 0 Å². The van der Waals surface area contributed by atoms with Gasteiger partial charge in [-0.15, -0.1) is 5.10 Å². The van der Waals surface area contributed by atoms with Crippen LogP contribution in [-0.2, 0) is 6.54 Å². The summed E-state index contributed by atoms with van der Waals surface area (Å²) in [5, 5.41) is 8.40. The highest BCUT2D eigenvalue weighted by Crippen LogP contribution is 2.28. The molecule has 0 aliphatic heterocycles. The lowest BCUT2D eigenvalue weighted by Gasteiger charge is -2.18. The van der Waals surface area contributed by atoms with E-state index < -0.39 is 0 Å². The lowest BCUT2D eigenvalue weighted by molar-refractivity contribution is 0.0979. The first-order valence-corrected chi connectivity index (χ1v) is 8.97. The van der Waals surface area contributed by atoms with Crippen LogP contribution in [0.25, 0.3) is 11.3 Å². The molecule has 0 bridgehead atoms. The third kappa shape index (κ3) is 2.65. The Kier molecular flexibility index (Phi) is 3.72. The summed E-state index contributed by atoms with van der Waals surface area (Å²) in [6.45, 7) is 0.468. The average Bonchev–Trinajstić information content (AvgIpc) is 3.21. The number of ketones is 2. The van der Waals surface area contributed by atoms with Crippen LogP contribution in [0.1, 0.15) is 37.4 Å². The molecule has 28 heavy (non-hydrogen) atoms. The highest BCUT2D eigenvalue weighted by atomic mass is 16.1. The van der Waals surface area contributed by atoms with Gasteiger partial charge in [-0.3, -0.25) is 9.59 Å². The molecule has 1 aliphatic rings. The smallest absolute Gasteiger partial charge is 0.194 e. The molecule has 0 saturated carbocycles. The first-order valence-electron chi connectivity index (χ1n) is 8.97. The predicted molar refractivity (Wildman–Crippen MR) is 104 cm³/mol. The van der Waals surface area contributed by atoms with Crippen molar-refractivity contribution in [3.05, 3.63) is 107 Å². The molecule has 5 nitrogen and oxygen atoms in total. The third-order valence-corrected chi connectivity index (χ3v) is 4.94. The number of rotatable bonds is 3. The molecule has 134 valence electrons. The standard InChI is InChI=1S/C23H15N3O2/c27-22-17-8-4-5-9-18(17)23(28)20-12-15(10-11-19(20)22)13-26-14-21(24-25-26)16-6-2-1-3-7-16/h1-12,14H,13H2. The number of hydrogen-bond acceptors (Lipinski definition) is 4. The van der Waals surface area contributed by atoms with E-state index in [2.05, 4.69) is 10.3 Å². The van der Waals surface area contributed by atoms with Crippen LogP contribution in [-0.4, -0.2) is 26.6 Å². The summed E-state index contributed by atoms with van der Waals surface area (Å²) in [4.78, 5) is 25.6. The summed E-state index contributed by atoms with van der Waals surface area (Å²) < 4.78 is 1.73. The molecule has 0 saturated heterocycles. The van der Waals surface area contributed by atoms with Crippen molar-refractivity contribution >= 4 is 11.6 Å². The Morgan fingerprint density at radius 2 is 1.36 bits per heavy atom. The number of nitrogens with zero attached hydrogens (tertiary/aromatic N) is 3. The van der Waals surface area contributed by atoms with Gasteiger partial charge in [-0.05, 0) is 17.7 Å². The molecule has 0 spiro atoms. The zero-order chi connectivity index (χ0) is 19.1. The summed E-state index contributed by atoms with van der Waals surface area (Å²) in [6.07, 6.45) is 1.87. The number of benzene rings is 3. The molecule has 4 aromatic rings. The van der Waals surface area contributed by atoms with Gasteiger partial charge in [0.2, 0.25) is 0 Å². The van der Waals surface area contributed by atoms with E-state index in [4.69, 9.17) is 0 Å². The van der Waals surface area contributed by atoms with Crippen molar-refractivity contribution < 1.29 is 9.59 Å². The predicted octanol–water partition coefficient (Wildman–Crippen LogP) is 3.77. The van der Waals surface area contributed by atoms with Gasteiger partial charge in [-0.25, -0.2) is 4.68 Å². The summed E-state index contributed by atoms with van der Waals surface area (Å²) in [5.41, 5.74) is 4.51. The second kappa shape index (κ2) is 6.39. The SMILES string of the molecule is O=C1c2ccccc2C(=O)c2cc(Cn3cc(-c4ccccc4)nn3)ccc21. The van der Waals surface area contributed by atoms with Crippen LogP contribution in [0, 0.1) is 0 Å². The number of carbonyl (C=O) groups is 2. The molecular weight excluding hydrogens is 350 g/mol. The largest absolute Gasteiger partial charge is 0.289 e. The zero-order valence-electron chi connectivity index (χ0n) is 14.9. The van der Waals surface area contributed by atoms with Gasteiger partial charge in [0.15, 0.2) is 11.6 Å². The normalized spacial score (nSPS) is 12.6. The molecule has 0 unspecified atom stereocenters. The number of fused-ring (bicyclic) bond motifs is 2. The Morgan fingerprint density at radius 1 is 0.714 bits per heavy atom. The van der Waals surface area contributed by atoms with Crippen LogP contribution < -0.4 is 0 Å². The van der Waals surface area contributed by atoms with E-state index in [1.807, 2.05) is 42.6 Å². The van der Waals surface area contributed by atoms with Crippen molar-refractivity contribution in [3.63, 3.8) is 0 Å². The van der Waals surface area contributed by atoms with Crippen molar-refractivity contribution in [1.82, 2.24) is 15.0 Å². The minimum absolute atomic E-state index is 0.108. The lowest BCUT2D eigenvalue weighted by Crippen LogP contribution is -2.21. The van der Waals surface area contributed by atoms with Crippen LogP contribution in [0.15, 0.2) is 79.0 Å². The van der Waals surface area contributed by atoms with Crippen LogP contribution in [0.3, 0.4) is 0 Å². The van der Waals surface area contributed by atoms with Gasteiger partial charge in [-0.1, -0.05) is 65.9 Å². The van der Waals surface area contributed by atoms with Gasteiger partial charge in [0.05, 0.1) is 12.7 Å². The molecule has 0 atom stereocenters. The summed E-state index contributed by atoms with van der Waals surface area (Å²) in [6, 6.07) is 22.2. The fraction of sp³-hybridized carbons (Fsp3) is 0.0435. The summed E-state index contributed by atoms with van der Waals surface area (Å²) in [7, 11) is 0. The molecule has 0 N–H and O–H groups in total. The van der Waals surface area contributed by atoms with Gasteiger partial charge in [0, 0.05) is 27.8 Å². The monoisotopic (exact) mass is 365 g/mol. The quantitative estimate of drug-likeness (QED) is 0.488. The number of aromatic nitrogens is 3. The van der Waals surface area contributed by atoms with Crippen LogP contribution >= 0.6 is 0 Å². The maximum Gasteiger partial charge on any atom is 0.194 e. The Morgan fingerprint density at radius 3 is 2.11 bits per heavy atom. The Bertz CT molecular complexity index is 1230. The van der Waals surface area contributed by atoms with Crippen LogP contribution in [0.4, 0.5) is 0 Å². The second-order valence-electron chi connectivity index (χ2n) is 6.75. The van der Waals surface area contributed by atoms with Crippen LogP contribution in [0.5, 0.6) is 0 Å². The summed E-state index contributed by atoms with van der Waals surface area (Å²) in [5.74, 6) is -0.223. The van der Waals surface area contributed by atoms with Gasteiger partial charge in [0.1, 0.15) is 5.69 Å². The lowest BCUT2D eigenvalue weighted by atomic mass is 9.83. The van der Waals surface area contributed by atoms with E-state index >= 15 is 0 Å². The maximum absolute atomic E-state index is 12.9. The van der Waals surface area contributed by atoms with E-state index in [0.29, 0.717) is 28.8 Å². The zero-order valence-corrected chi connectivity index (χ0v) is 14.9. The first-order chi connectivity index (χ1) is 13.7. The number of hydrogen-bond donors (Lipinski definition) is 0. The molecule has 0 fully saturated rings. The van der Waals surface area contributed by atoms with E-state index in [1.54, 1.807) is 41.1 Å².